The predicted molar refractivity (Wildman–Crippen MR) is 131 cm³/mol. The zero-order valence-electron chi connectivity index (χ0n) is 15.9. The van der Waals surface area contributed by atoms with Gasteiger partial charge in [0.05, 0.1) is 8.95 Å². The average molecular weight is 607 g/mol. The van der Waals surface area contributed by atoms with Crippen LogP contribution in [0.1, 0.15) is 11.1 Å². The average Bonchev–Trinajstić information content (AvgIpc) is 2.74. The molecule has 2 N–H and O–H groups in total. The molecular formula is C23H15Br3N2O3. The van der Waals surface area contributed by atoms with Crippen LogP contribution in [-0.4, -0.2) is 11.0 Å². The minimum atomic E-state index is -0.545. The van der Waals surface area contributed by atoms with Gasteiger partial charge < -0.3 is 15.2 Å². The van der Waals surface area contributed by atoms with Crippen molar-refractivity contribution in [3.63, 3.8) is 0 Å². The van der Waals surface area contributed by atoms with Crippen molar-refractivity contribution in [3.8, 4) is 17.6 Å². The van der Waals surface area contributed by atoms with Crippen molar-refractivity contribution in [1.82, 2.24) is 0 Å². The largest absolute Gasteiger partial charge is 0.508 e. The van der Waals surface area contributed by atoms with Gasteiger partial charge in [-0.3, -0.25) is 4.79 Å². The van der Waals surface area contributed by atoms with E-state index in [0.29, 0.717) is 32.6 Å². The zero-order valence-corrected chi connectivity index (χ0v) is 20.7. The second kappa shape index (κ2) is 10.6. The lowest BCUT2D eigenvalue weighted by Gasteiger charge is -2.12. The fourth-order valence-corrected chi connectivity index (χ4v) is 4.31. The van der Waals surface area contributed by atoms with E-state index in [9.17, 15) is 15.2 Å². The Bertz CT molecular complexity index is 1150. The molecule has 0 spiro atoms. The molecule has 3 aromatic carbocycles. The number of rotatable bonds is 6. The fraction of sp³-hybridized carbons (Fsp3) is 0.0435. The molecular weight excluding hydrogens is 592 g/mol. The molecule has 0 heterocycles. The van der Waals surface area contributed by atoms with Gasteiger partial charge in [0.15, 0.2) is 0 Å². The fourth-order valence-electron chi connectivity index (χ4n) is 2.60. The van der Waals surface area contributed by atoms with Crippen molar-refractivity contribution < 1.29 is 14.6 Å². The van der Waals surface area contributed by atoms with Gasteiger partial charge in [0.1, 0.15) is 29.7 Å². The van der Waals surface area contributed by atoms with E-state index >= 15 is 0 Å². The van der Waals surface area contributed by atoms with Crippen LogP contribution in [0, 0.1) is 11.3 Å². The highest BCUT2D eigenvalue weighted by Crippen LogP contribution is 2.36. The Balaban J connectivity index is 1.76. The number of phenolic OH excluding ortho intramolecular Hbond substituents is 1. The van der Waals surface area contributed by atoms with E-state index < -0.39 is 5.91 Å². The third-order valence-electron chi connectivity index (χ3n) is 4.12. The number of halogens is 3. The molecule has 0 unspecified atom stereocenters. The summed E-state index contributed by atoms with van der Waals surface area (Å²) in [6.07, 6.45) is 1.49. The first-order valence-electron chi connectivity index (χ1n) is 8.94. The summed E-state index contributed by atoms with van der Waals surface area (Å²) in [6, 6.07) is 19.3. The Morgan fingerprint density at radius 2 is 1.65 bits per heavy atom. The van der Waals surface area contributed by atoms with Crippen LogP contribution >= 0.6 is 47.8 Å². The van der Waals surface area contributed by atoms with Gasteiger partial charge in [-0.05, 0) is 97.6 Å². The second-order valence-electron chi connectivity index (χ2n) is 6.40. The summed E-state index contributed by atoms with van der Waals surface area (Å²) in [6.45, 7) is 0.387. The summed E-state index contributed by atoms with van der Waals surface area (Å²) in [5, 5.41) is 21.4. The van der Waals surface area contributed by atoms with Gasteiger partial charge in [0.2, 0.25) is 0 Å². The number of phenols is 1. The Kier molecular flexibility index (Phi) is 7.91. The first-order chi connectivity index (χ1) is 14.9. The van der Waals surface area contributed by atoms with Gasteiger partial charge in [0, 0.05) is 10.2 Å². The molecule has 0 saturated carbocycles. The second-order valence-corrected chi connectivity index (χ2v) is 9.02. The Hall–Kier alpha value is -2.60. The molecule has 0 radical (unpaired) electrons. The van der Waals surface area contributed by atoms with Gasteiger partial charge in [0.25, 0.3) is 5.91 Å². The maximum atomic E-state index is 12.4. The van der Waals surface area contributed by atoms with E-state index in [0.717, 1.165) is 10.0 Å². The van der Waals surface area contributed by atoms with Crippen LogP contribution in [0.25, 0.3) is 6.08 Å². The van der Waals surface area contributed by atoms with Crippen LogP contribution in [0.3, 0.4) is 0 Å². The zero-order chi connectivity index (χ0) is 22.4. The lowest BCUT2D eigenvalue weighted by Crippen LogP contribution is -2.13. The summed E-state index contributed by atoms with van der Waals surface area (Å²) in [4.78, 5) is 12.4. The smallest absolute Gasteiger partial charge is 0.266 e. The maximum absolute atomic E-state index is 12.4. The molecule has 156 valence electrons. The topological polar surface area (TPSA) is 82.3 Å². The van der Waals surface area contributed by atoms with Gasteiger partial charge >= 0.3 is 0 Å². The van der Waals surface area contributed by atoms with E-state index in [2.05, 4.69) is 53.1 Å². The maximum Gasteiger partial charge on any atom is 0.266 e. The molecule has 0 bridgehead atoms. The Morgan fingerprint density at radius 1 is 1.03 bits per heavy atom. The normalized spacial score (nSPS) is 11.0. The van der Waals surface area contributed by atoms with Crippen molar-refractivity contribution in [2.45, 2.75) is 6.61 Å². The van der Waals surface area contributed by atoms with Crippen molar-refractivity contribution in [2.24, 2.45) is 0 Å². The molecule has 0 fully saturated rings. The highest BCUT2D eigenvalue weighted by molar-refractivity contribution is 9.11. The number of hydrogen-bond acceptors (Lipinski definition) is 4. The summed E-state index contributed by atoms with van der Waals surface area (Å²) < 4.78 is 8.28. The van der Waals surface area contributed by atoms with Crippen LogP contribution in [0.4, 0.5) is 5.69 Å². The number of nitrogens with zero attached hydrogens (tertiary/aromatic N) is 1. The summed E-state index contributed by atoms with van der Waals surface area (Å²) in [5.41, 5.74) is 2.08. The SMILES string of the molecule is N#C/C(=C\c1cc(Br)c(OCc2ccc(Br)cc2)c(Br)c1)C(=O)Nc1ccc(O)cc1. The van der Waals surface area contributed by atoms with Crippen LogP contribution < -0.4 is 10.1 Å². The third-order valence-corrected chi connectivity index (χ3v) is 5.83. The minimum Gasteiger partial charge on any atom is -0.508 e. The van der Waals surface area contributed by atoms with E-state index in [1.807, 2.05) is 30.3 Å². The highest BCUT2D eigenvalue weighted by Gasteiger charge is 2.13. The number of nitriles is 1. The highest BCUT2D eigenvalue weighted by atomic mass is 79.9. The number of anilines is 1. The molecule has 0 aromatic heterocycles. The molecule has 1 amide bonds. The number of hydrogen-bond donors (Lipinski definition) is 2. The van der Waals surface area contributed by atoms with Crippen LogP contribution in [-0.2, 0) is 11.4 Å². The molecule has 31 heavy (non-hydrogen) atoms. The van der Waals surface area contributed by atoms with E-state index in [-0.39, 0.29) is 11.3 Å². The Morgan fingerprint density at radius 3 is 2.23 bits per heavy atom. The molecule has 0 aliphatic rings. The number of carbonyl (C=O) groups is 1. The summed E-state index contributed by atoms with van der Waals surface area (Å²) in [7, 11) is 0. The Labute approximate surface area is 204 Å². The van der Waals surface area contributed by atoms with Crippen molar-refractivity contribution >= 4 is 65.5 Å². The predicted octanol–water partition coefficient (Wildman–Crippen LogP) is 6.80. The van der Waals surface area contributed by atoms with Crippen LogP contribution in [0.15, 0.2) is 79.7 Å². The van der Waals surface area contributed by atoms with Crippen molar-refractivity contribution in [1.29, 1.82) is 5.26 Å². The van der Waals surface area contributed by atoms with E-state index in [4.69, 9.17) is 4.74 Å². The lowest BCUT2D eigenvalue weighted by molar-refractivity contribution is -0.112. The van der Waals surface area contributed by atoms with Gasteiger partial charge in [-0.2, -0.15) is 5.26 Å². The number of ether oxygens (including phenoxy) is 1. The lowest BCUT2D eigenvalue weighted by atomic mass is 10.1. The third kappa shape index (κ3) is 6.44. The molecule has 0 atom stereocenters. The van der Waals surface area contributed by atoms with Gasteiger partial charge in [-0.25, -0.2) is 0 Å². The van der Waals surface area contributed by atoms with Crippen LogP contribution in [0.2, 0.25) is 0 Å². The van der Waals surface area contributed by atoms with Crippen molar-refractivity contribution in [3.05, 3.63) is 90.8 Å². The first kappa shape index (κ1) is 23.1. The monoisotopic (exact) mass is 604 g/mol. The molecule has 0 aliphatic heterocycles. The molecule has 0 saturated heterocycles. The van der Waals surface area contributed by atoms with Crippen LogP contribution in [0.5, 0.6) is 11.5 Å². The number of benzene rings is 3. The number of amides is 1. The van der Waals surface area contributed by atoms with Crippen molar-refractivity contribution in [2.75, 3.05) is 5.32 Å². The number of aromatic hydroxyl groups is 1. The molecule has 3 rings (SSSR count). The van der Waals surface area contributed by atoms with Gasteiger partial charge in [-0.15, -0.1) is 0 Å². The summed E-state index contributed by atoms with van der Waals surface area (Å²) in [5.74, 6) is 0.161. The minimum absolute atomic E-state index is 0.0598. The van der Waals surface area contributed by atoms with E-state index in [1.54, 1.807) is 24.3 Å². The van der Waals surface area contributed by atoms with Gasteiger partial charge in [-0.1, -0.05) is 28.1 Å². The summed E-state index contributed by atoms with van der Waals surface area (Å²) >= 11 is 10.4. The quantitative estimate of drug-likeness (QED) is 0.184. The number of nitrogens with one attached hydrogen (secondary N) is 1. The number of carbonyl (C=O) groups excluding carboxylic acids is 1. The molecule has 8 heteroatoms. The molecule has 3 aromatic rings. The molecule has 5 nitrogen and oxygen atoms in total. The van der Waals surface area contributed by atoms with E-state index in [1.165, 1.54) is 18.2 Å². The first-order valence-corrected chi connectivity index (χ1v) is 11.3. The standard InChI is InChI=1S/C23H15Br3N2O3/c24-17-3-1-14(2-4-17)13-31-22-20(25)10-15(11-21(22)26)9-16(12-27)23(30)28-18-5-7-19(29)8-6-18/h1-11,29H,13H2,(H,28,30)/b16-9+. The molecule has 0 aliphatic carbocycles.